The van der Waals surface area contributed by atoms with Crippen LogP contribution in [0.4, 0.5) is 0 Å². The first-order chi connectivity index (χ1) is 10.2. The molecule has 0 saturated heterocycles. The number of carbonyl (C=O) groups excluding carboxylic acids is 1. The lowest BCUT2D eigenvalue weighted by Crippen LogP contribution is -2.30. The second kappa shape index (κ2) is 6.21. The highest BCUT2D eigenvalue weighted by Gasteiger charge is 2.34. The van der Waals surface area contributed by atoms with Crippen LogP contribution in [0.5, 0.6) is 0 Å². The molecule has 0 spiro atoms. The number of carbonyl (C=O) groups is 1. The predicted octanol–water partition coefficient (Wildman–Crippen LogP) is 2.64. The summed E-state index contributed by atoms with van der Waals surface area (Å²) in [6.07, 6.45) is 5.80. The molecular weight excluding hydrogens is 352 g/mol. The van der Waals surface area contributed by atoms with Crippen LogP contribution in [-0.4, -0.2) is 15.9 Å². The van der Waals surface area contributed by atoms with Crippen molar-refractivity contribution in [1.29, 1.82) is 0 Å². The predicted molar refractivity (Wildman–Crippen MR) is 84.9 cm³/mol. The van der Waals surface area contributed by atoms with Crippen molar-refractivity contribution in [3.63, 3.8) is 0 Å². The van der Waals surface area contributed by atoms with Gasteiger partial charge in [-0.1, -0.05) is 0 Å². The Morgan fingerprint density at radius 1 is 1.52 bits per heavy atom. The average molecular weight is 367 g/mol. The Morgan fingerprint density at radius 2 is 2.33 bits per heavy atom. The molecule has 3 N–H and O–H groups in total. The molecule has 0 aromatic carbocycles. The Hall–Kier alpha value is -1.31. The van der Waals surface area contributed by atoms with Crippen molar-refractivity contribution in [3.05, 3.63) is 44.6 Å². The zero-order chi connectivity index (χ0) is 14.8. The summed E-state index contributed by atoms with van der Waals surface area (Å²) in [5.74, 6) is 0.334. The quantitative estimate of drug-likeness (QED) is 0.851. The van der Waals surface area contributed by atoms with Crippen LogP contribution in [0.25, 0.3) is 0 Å². The van der Waals surface area contributed by atoms with E-state index in [-0.39, 0.29) is 11.9 Å². The van der Waals surface area contributed by atoms with Gasteiger partial charge in [0.2, 0.25) is 0 Å². The number of nitrogens with two attached hydrogens (primary N) is 1. The van der Waals surface area contributed by atoms with Gasteiger partial charge >= 0.3 is 0 Å². The van der Waals surface area contributed by atoms with E-state index < -0.39 is 0 Å². The first-order valence-corrected chi connectivity index (χ1v) is 8.40. The van der Waals surface area contributed by atoms with Crippen LogP contribution >= 0.6 is 27.3 Å². The third kappa shape index (κ3) is 3.48. The van der Waals surface area contributed by atoms with Crippen molar-refractivity contribution in [1.82, 2.24) is 15.3 Å². The molecule has 1 saturated carbocycles. The Balaban J connectivity index is 1.77. The lowest BCUT2D eigenvalue weighted by Gasteiger charge is -2.18. The van der Waals surface area contributed by atoms with E-state index in [4.69, 9.17) is 5.73 Å². The molecule has 1 amide bonds. The number of hydrogen-bond acceptors (Lipinski definition) is 5. The van der Waals surface area contributed by atoms with Crippen molar-refractivity contribution >= 4 is 33.2 Å². The summed E-state index contributed by atoms with van der Waals surface area (Å²) in [7, 11) is 0. The fraction of sp³-hybridized carbons (Fsp3) is 0.357. The molecule has 110 valence electrons. The fourth-order valence-corrected chi connectivity index (χ4v) is 3.26. The molecule has 21 heavy (non-hydrogen) atoms. The summed E-state index contributed by atoms with van der Waals surface area (Å²) in [6.45, 7) is 0.361. The second-order valence-corrected chi connectivity index (χ2v) is 6.91. The van der Waals surface area contributed by atoms with Crippen molar-refractivity contribution in [2.75, 3.05) is 0 Å². The van der Waals surface area contributed by atoms with Crippen LogP contribution < -0.4 is 11.1 Å². The van der Waals surface area contributed by atoms with Gasteiger partial charge in [-0.2, -0.15) is 0 Å². The first kappa shape index (κ1) is 14.6. The van der Waals surface area contributed by atoms with Gasteiger partial charge in [-0.15, -0.1) is 11.3 Å². The largest absolute Gasteiger partial charge is 0.344 e. The lowest BCUT2D eigenvalue weighted by molar-refractivity contribution is 0.0927. The zero-order valence-corrected chi connectivity index (χ0v) is 13.7. The minimum absolute atomic E-state index is 0.00877. The number of thiazole rings is 1. The molecule has 0 aliphatic heterocycles. The Labute approximate surface area is 135 Å². The van der Waals surface area contributed by atoms with Crippen molar-refractivity contribution in [2.45, 2.75) is 25.4 Å². The highest BCUT2D eigenvalue weighted by molar-refractivity contribution is 9.10. The van der Waals surface area contributed by atoms with E-state index in [2.05, 4.69) is 31.2 Å². The number of nitrogens with one attached hydrogen (secondary N) is 1. The van der Waals surface area contributed by atoms with Crippen molar-refractivity contribution in [2.24, 2.45) is 11.7 Å². The minimum atomic E-state index is -0.150. The van der Waals surface area contributed by atoms with Gasteiger partial charge in [0.05, 0.1) is 6.04 Å². The summed E-state index contributed by atoms with van der Waals surface area (Å²) in [4.78, 5) is 20.7. The van der Waals surface area contributed by atoms with E-state index in [0.29, 0.717) is 18.2 Å². The van der Waals surface area contributed by atoms with Crippen molar-refractivity contribution in [3.8, 4) is 0 Å². The Bertz CT molecular complexity index is 656. The molecule has 1 aliphatic carbocycles. The van der Waals surface area contributed by atoms with Gasteiger partial charge in [0.25, 0.3) is 5.91 Å². The number of halogens is 1. The SMILES string of the molecule is NCc1nc(C(=O)NC(c2cncc(Br)c2)C2CC2)cs1. The van der Waals surface area contributed by atoms with Gasteiger partial charge in [-0.25, -0.2) is 4.98 Å². The Morgan fingerprint density at radius 3 is 2.95 bits per heavy atom. The molecule has 0 bridgehead atoms. The topological polar surface area (TPSA) is 80.9 Å². The summed E-state index contributed by atoms with van der Waals surface area (Å²) in [5.41, 5.74) is 6.99. The van der Waals surface area contributed by atoms with Gasteiger partial charge in [-0.3, -0.25) is 9.78 Å². The molecular formula is C14H15BrN4OS. The molecule has 1 aliphatic rings. The molecule has 2 aromatic heterocycles. The number of pyridine rings is 1. The summed E-state index contributed by atoms with van der Waals surface area (Å²) >= 11 is 4.83. The molecule has 2 aromatic rings. The van der Waals surface area contributed by atoms with E-state index in [0.717, 1.165) is 27.9 Å². The molecule has 7 heteroatoms. The summed E-state index contributed by atoms with van der Waals surface area (Å²) in [5, 5.41) is 5.60. The standard InChI is InChI=1S/C14H15BrN4OS/c15-10-3-9(5-17-6-10)13(8-1-2-8)19-14(20)11-7-21-12(4-16)18-11/h3,5-8,13H,1-2,4,16H2,(H,19,20). The molecule has 5 nitrogen and oxygen atoms in total. The van der Waals surface area contributed by atoms with Crippen LogP contribution in [0.15, 0.2) is 28.3 Å². The maximum Gasteiger partial charge on any atom is 0.271 e. The maximum atomic E-state index is 12.3. The van der Waals surface area contributed by atoms with Crippen LogP contribution in [0.1, 0.15) is 39.9 Å². The van der Waals surface area contributed by atoms with Gasteiger partial charge < -0.3 is 11.1 Å². The average Bonchev–Trinajstić information content (AvgIpc) is 3.20. The second-order valence-electron chi connectivity index (χ2n) is 5.06. The molecule has 1 fully saturated rings. The van der Waals surface area contributed by atoms with Gasteiger partial charge in [0.15, 0.2) is 0 Å². The van der Waals surface area contributed by atoms with Gasteiger partial charge in [0.1, 0.15) is 10.7 Å². The van der Waals surface area contributed by atoms with E-state index in [9.17, 15) is 4.79 Å². The van der Waals surface area contributed by atoms with E-state index in [1.807, 2.05) is 6.07 Å². The highest BCUT2D eigenvalue weighted by atomic mass is 79.9. The van der Waals surface area contributed by atoms with Gasteiger partial charge in [0, 0.05) is 28.8 Å². The van der Waals surface area contributed by atoms with E-state index >= 15 is 0 Å². The highest BCUT2D eigenvalue weighted by Crippen LogP contribution is 2.41. The summed E-state index contributed by atoms with van der Waals surface area (Å²) < 4.78 is 0.916. The number of nitrogens with zero attached hydrogens (tertiary/aromatic N) is 2. The monoisotopic (exact) mass is 366 g/mol. The molecule has 1 unspecified atom stereocenters. The third-order valence-electron chi connectivity index (χ3n) is 3.42. The third-order valence-corrected chi connectivity index (χ3v) is 4.73. The molecule has 2 heterocycles. The van der Waals surface area contributed by atoms with E-state index in [1.165, 1.54) is 11.3 Å². The fourth-order valence-electron chi connectivity index (χ4n) is 2.23. The smallest absolute Gasteiger partial charge is 0.271 e. The minimum Gasteiger partial charge on any atom is -0.344 e. The van der Waals surface area contributed by atoms with Crippen LogP contribution in [-0.2, 0) is 6.54 Å². The maximum absolute atomic E-state index is 12.3. The zero-order valence-electron chi connectivity index (χ0n) is 11.3. The normalized spacial score (nSPS) is 15.7. The summed E-state index contributed by atoms with van der Waals surface area (Å²) in [6, 6.07) is 1.99. The first-order valence-electron chi connectivity index (χ1n) is 6.73. The van der Waals surface area contributed by atoms with E-state index in [1.54, 1.807) is 17.8 Å². The molecule has 1 atom stereocenters. The lowest BCUT2D eigenvalue weighted by atomic mass is 10.0. The number of aromatic nitrogens is 2. The molecule has 0 radical (unpaired) electrons. The van der Waals surface area contributed by atoms with Crippen LogP contribution in [0.3, 0.4) is 0 Å². The Kier molecular flexibility index (Phi) is 4.32. The molecule has 3 rings (SSSR count). The number of amides is 1. The number of hydrogen-bond donors (Lipinski definition) is 2. The van der Waals surface area contributed by atoms with Crippen LogP contribution in [0, 0.1) is 5.92 Å². The van der Waals surface area contributed by atoms with Crippen molar-refractivity contribution < 1.29 is 4.79 Å². The van der Waals surface area contributed by atoms with Crippen LogP contribution in [0.2, 0.25) is 0 Å². The number of rotatable bonds is 5. The van der Waals surface area contributed by atoms with Gasteiger partial charge in [-0.05, 0) is 46.3 Å².